The first kappa shape index (κ1) is 15.9. The van der Waals surface area contributed by atoms with Crippen LogP contribution in [0.1, 0.15) is 25.7 Å². The molecule has 0 heterocycles. The van der Waals surface area contributed by atoms with E-state index in [4.69, 9.17) is 9.47 Å². The smallest absolute Gasteiger partial charge is 0.0897 e. The van der Waals surface area contributed by atoms with E-state index < -0.39 is 6.10 Å². The Morgan fingerprint density at radius 2 is 2.06 bits per heavy atom. The molecule has 108 valence electrons. The normalized spacial score (nSPS) is 26.2. The zero-order chi connectivity index (χ0) is 13.2. The largest absolute Gasteiger partial charge is 0.396 e. The molecule has 1 fully saturated rings. The lowest BCUT2D eigenvalue weighted by Crippen LogP contribution is -2.44. The minimum Gasteiger partial charge on any atom is -0.396 e. The van der Waals surface area contributed by atoms with Crippen LogP contribution >= 0.6 is 0 Å². The van der Waals surface area contributed by atoms with E-state index in [9.17, 15) is 10.2 Å². The first-order valence-corrected chi connectivity index (χ1v) is 6.87. The van der Waals surface area contributed by atoms with Crippen LogP contribution in [0.2, 0.25) is 0 Å². The Morgan fingerprint density at radius 3 is 2.78 bits per heavy atom. The number of ether oxygens (including phenoxy) is 2. The SMILES string of the molecule is COCCOCC(O)CNC1CCCCC1CO. The summed E-state index contributed by atoms with van der Waals surface area (Å²) in [7, 11) is 1.62. The summed E-state index contributed by atoms with van der Waals surface area (Å²) >= 11 is 0. The number of aliphatic hydroxyl groups is 2. The van der Waals surface area contributed by atoms with Crippen LogP contribution in [0.4, 0.5) is 0 Å². The lowest BCUT2D eigenvalue weighted by Gasteiger charge is -2.31. The van der Waals surface area contributed by atoms with Crippen LogP contribution in [0, 0.1) is 5.92 Å². The minimum atomic E-state index is -0.497. The van der Waals surface area contributed by atoms with Crippen LogP contribution < -0.4 is 5.32 Å². The van der Waals surface area contributed by atoms with Crippen molar-refractivity contribution in [1.82, 2.24) is 5.32 Å². The van der Waals surface area contributed by atoms with Crippen molar-refractivity contribution in [3.8, 4) is 0 Å². The van der Waals surface area contributed by atoms with Crippen LogP contribution in [-0.2, 0) is 9.47 Å². The van der Waals surface area contributed by atoms with Crippen molar-refractivity contribution in [2.24, 2.45) is 5.92 Å². The highest BCUT2D eigenvalue weighted by atomic mass is 16.5. The standard InChI is InChI=1S/C13H27NO4/c1-17-6-7-18-10-12(16)8-14-13-5-3-2-4-11(13)9-15/h11-16H,2-10H2,1H3. The highest BCUT2D eigenvalue weighted by molar-refractivity contribution is 4.81. The molecule has 18 heavy (non-hydrogen) atoms. The predicted octanol–water partition coefficient (Wildman–Crippen LogP) is 0.151. The molecule has 3 atom stereocenters. The molecule has 1 aliphatic carbocycles. The van der Waals surface area contributed by atoms with Crippen LogP contribution in [0.15, 0.2) is 0 Å². The fourth-order valence-electron chi connectivity index (χ4n) is 2.40. The number of nitrogens with one attached hydrogen (secondary N) is 1. The number of hydrogen-bond acceptors (Lipinski definition) is 5. The second kappa shape index (κ2) is 9.69. The maximum absolute atomic E-state index is 9.75. The van der Waals surface area contributed by atoms with Gasteiger partial charge in [-0.05, 0) is 18.8 Å². The third-order valence-corrected chi connectivity index (χ3v) is 3.50. The third-order valence-electron chi connectivity index (χ3n) is 3.50. The van der Waals surface area contributed by atoms with E-state index in [-0.39, 0.29) is 6.61 Å². The Hall–Kier alpha value is -0.200. The van der Waals surface area contributed by atoms with Crippen molar-refractivity contribution in [3.05, 3.63) is 0 Å². The van der Waals surface area contributed by atoms with Crippen molar-refractivity contribution in [2.75, 3.05) is 40.1 Å². The average Bonchev–Trinajstić information content (AvgIpc) is 2.41. The lowest BCUT2D eigenvalue weighted by atomic mass is 9.85. The number of aliphatic hydroxyl groups excluding tert-OH is 2. The van der Waals surface area contributed by atoms with Gasteiger partial charge in [0.1, 0.15) is 0 Å². The Bertz CT molecular complexity index is 203. The molecule has 5 heteroatoms. The van der Waals surface area contributed by atoms with E-state index in [1.54, 1.807) is 7.11 Å². The van der Waals surface area contributed by atoms with Gasteiger partial charge in [-0.25, -0.2) is 0 Å². The fourth-order valence-corrected chi connectivity index (χ4v) is 2.40. The summed E-state index contributed by atoms with van der Waals surface area (Å²) in [5.74, 6) is 0.334. The van der Waals surface area contributed by atoms with Crippen LogP contribution in [0.25, 0.3) is 0 Å². The summed E-state index contributed by atoms with van der Waals surface area (Å²) in [5, 5.41) is 22.4. The molecule has 3 unspecified atom stereocenters. The molecule has 0 spiro atoms. The molecule has 1 rings (SSSR count). The van der Waals surface area contributed by atoms with Gasteiger partial charge in [0.05, 0.1) is 25.9 Å². The highest BCUT2D eigenvalue weighted by Gasteiger charge is 2.24. The first-order valence-electron chi connectivity index (χ1n) is 6.87. The molecule has 0 amide bonds. The molecular formula is C13H27NO4. The maximum Gasteiger partial charge on any atom is 0.0897 e. The summed E-state index contributed by atoms with van der Waals surface area (Å²) in [6.07, 6.45) is 4.07. The zero-order valence-electron chi connectivity index (χ0n) is 11.3. The van der Waals surface area contributed by atoms with Crippen molar-refractivity contribution >= 4 is 0 Å². The van der Waals surface area contributed by atoms with E-state index in [0.717, 1.165) is 12.8 Å². The van der Waals surface area contributed by atoms with Gasteiger partial charge < -0.3 is 25.0 Å². The van der Waals surface area contributed by atoms with E-state index in [0.29, 0.717) is 38.3 Å². The Balaban J connectivity index is 2.10. The molecular weight excluding hydrogens is 234 g/mol. The Labute approximate surface area is 109 Å². The highest BCUT2D eigenvalue weighted by Crippen LogP contribution is 2.23. The Kier molecular flexibility index (Phi) is 8.54. The number of rotatable bonds is 9. The average molecular weight is 261 g/mol. The third kappa shape index (κ3) is 6.11. The predicted molar refractivity (Wildman–Crippen MR) is 69.5 cm³/mol. The summed E-state index contributed by atoms with van der Waals surface area (Å²) in [6, 6.07) is 0.331. The molecule has 0 bridgehead atoms. The van der Waals surface area contributed by atoms with Crippen molar-refractivity contribution in [2.45, 2.75) is 37.8 Å². The molecule has 0 saturated heterocycles. The first-order chi connectivity index (χ1) is 8.77. The lowest BCUT2D eigenvalue weighted by molar-refractivity contribution is 0.0109. The van der Waals surface area contributed by atoms with Crippen molar-refractivity contribution in [3.63, 3.8) is 0 Å². The van der Waals surface area contributed by atoms with E-state index in [2.05, 4.69) is 5.32 Å². The van der Waals surface area contributed by atoms with E-state index >= 15 is 0 Å². The Morgan fingerprint density at radius 1 is 1.28 bits per heavy atom. The van der Waals surface area contributed by atoms with Gasteiger partial charge in [0.25, 0.3) is 0 Å². The summed E-state index contributed by atoms with van der Waals surface area (Å²) in [5.41, 5.74) is 0. The van der Waals surface area contributed by atoms with Gasteiger partial charge in [-0.1, -0.05) is 12.8 Å². The van der Waals surface area contributed by atoms with E-state index in [1.807, 2.05) is 0 Å². The van der Waals surface area contributed by atoms with Crippen molar-refractivity contribution in [1.29, 1.82) is 0 Å². The fraction of sp³-hybridized carbons (Fsp3) is 1.00. The van der Waals surface area contributed by atoms with Crippen LogP contribution in [-0.4, -0.2) is 62.4 Å². The van der Waals surface area contributed by atoms with Gasteiger partial charge in [-0.3, -0.25) is 0 Å². The van der Waals surface area contributed by atoms with Gasteiger partial charge in [0, 0.05) is 26.3 Å². The summed E-state index contributed by atoms with van der Waals surface area (Å²) in [4.78, 5) is 0. The van der Waals surface area contributed by atoms with E-state index in [1.165, 1.54) is 12.8 Å². The molecule has 0 aromatic carbocycles. The molecule has 1 aliphatic rings. The van der Waals surface area contributed by atoms with Gasteiger partial charge in [-0.2, -0.15) is 0 Å². The topological polar surface area (TPSA) is 71.0 Å². The number of hydrogen-bond donors (Lipinski definition) is 3. The van der Waals surface area contributed by atoms with Gasteiger partial charge in [0.15, 0.2) is 0 Å². The quantitative estimate of drug-likeness (QED) is 0.515. The molecule has 0 aromatic rings. The molecule has 0 aliphatic heterocycles. The molecule has 3 N–H and O–H groups in total. The van der Waals surface area contributed by atoms with Crippen LogP contribution in [0.3, 0.4) is 0 Å². The number of methoxy groups -OCH3 is 1. The van der Waals surface area contributed by atoms with Crippen molar-refractivity contribution < 1.29 is 19.7 Å². The zero-order valence-corrected chi connectivity index (χ0v) is 11.3. The van der Waals surface area contributed by atoms with Crippen LogP contribution in [0.5, 0.6) is 0 Å². The van der Waals surface area contributed by atoms with Gasteiger partial charge >= 0.3 is 0 Å². The second-order valence-corrected chi connectivity index (χ2v) is 4.96. The molecule has 5 nitrogen and oxygen atoms in total. The molecule has 0 radical (unpaired) electrons. The van der Waals surface area contributed by atoms with Gasteiger partial charge in [0.2, 0.25) is 0 Å². The minimum absolute atomic E-state index is 0.234. The summed E-state index contributed by atoms with van der Waals surface area (Å²) in [6.45, 7) is 2.14. The summed E-state index contributed by atoms with van der Waals surface area (Å²) < 4.78 is 10.1. The maximum atomic E-state index is 9.75. The monoisotopic (exact) mass is 261 g/mol. The van der Waals surface area contributed by atoms with Gasteiger partial charge in [-0.15, -0.1) is 0 Å². The molecule has 1 saturated carbocycles. The second-order valence-electron chi connectivity index (χ2n) is 4.96. The molecule has 0 aromatic heterocycles.